The fourth-order valence-electron chi connectivity index (χ4n) is 1.37. The molecule has 16 heavy (non-hydrogen) atoms. The van der Waals surface area contributed by atoms with E-state index in [1.165, 1.54) is 12.1 Å². The van der Waals surface area contributed by atoms with E-state index >= 15 is 0 Å². The van der Waals surface area contributed by atoms with E-state index in [0.29, 0.717) is 20.9 Å². The average Bonchev–Trinajstić information content (AvgIpc) is 2.42. The Morgan fingerprint density at radius 1 is 1.38 bits per heavy atom. The second kappa shape index (κ2) is 3.51. The molecule has 0 spiro atoms. The van der Waals surface area contributed by atoms with Crippen LogP contribution < -0.4 is 10.5 Å². The second-order valence-corrected chi connectivity index (χ2v) is 4.25. The van der Waals surface area contributed by atoms with E-state index in [1.54, 1.807) is 6.92 Å². The molecule has 0 unspecified atom stereocenters. The number of anilines is 1. The van der Waals surface area contributed by atoms with E-state index < -0.39 is 6.36 Å². The van der Waals surface area contributed by atoms with Gasteiger partial charge in [0.15, 0.2) is 5.13 Å². The molecule has 1 aromatic carbocycles. The summed E-state index contributed by atoms with van der Waals surface area (Å²) in [6.07, 6.45) is -4.68. The van der Waals surface area contributed by atoms with E-state index in [0.717, 1.165) is 11.3 Å². The Balaban J connectivity index is 2.49. The summed E-state index contributed by atoms with van der Waals surface area (Å²) in [7, 11) is 0. The SMILES string of the molecule is Cc1cc(OC(F)(F)F)cc2sc(N)nc12. The van der Waals surface area contributed by atoms with Crippen LogP contribution in [-0.2, 0) is 0 Å². The third-order valence-corrected chi connectivity index (χ3v) is 2.74. The highest BCUT2D eigenvalue weighted by molar-refractivity contribution is 7.22. The molecule has 0 saturated heterocycles. The van der Waals surface area contributed by atoms with Gasteiger partial charge in [0.05, 0.1) is 10.2 Å². The highest BCUT2D eigenvalue weighted by Crippen LogP contribution is 2.32. The molecular formula is C9H7F3N2OS. The number of nitrogen functional groups attached to an aromatic ring is 1. The molecule has 2 N–H and O–H groups in total. The summed E-state index contributed by atoms with van der Waals surface area (Å²) in [6, 6.07) is 2.57. The maximum Gasteiger partial charge on any atom is 0.573 e. The van der Waals surface area contributed by atoms with Crippen molar-refractivity contribution in [3.8, 4) is 5.75 Å². The summed E-state index contributed by atoms with van der Waals surface area (Å²) in [5.74, 6) is -0.249. The van der Waals surface area contributed by atoms with Crippen molar-refractivity contribution in [2.24, 2.45) is 0 Å². The van der Waals surface area contributed by atoms with Crippen molar-refractivity contribution < 1.29 is 17.9 Å². The largest absolute Gasteiger partial charge is 0.573 e. The number of hydrogen-bond donors (Lipinski definition) is 1. The van der Waals surface area contributed by atoms with Crippen molar-refractivity contribution in [3.05, 3.63) is 17.7 Å². The molecule has 0 atom stereocenters. The van der Waals surface area contributed by atoms with E-state index in [2.05, 4.69) is 9.72 Å². The Bertz CT molecular complexity index is 535. The fraction of sp³-hybridized carbons (Fsp3) is 0.222. The minimum atomic E-state index is -4.68. The van der Waals surface area contributed by atoms with Crippen LogP contribution in [0, 0.1) is 6.92 Å². The molecule has 0 bridgehead atoms. The number of thiazole rings is 1. The van der Waals surface area contributed by atoms with Gasteiger partial charge in [0.2, 0.25) is 0 Å². The van der Waals surface area contributed by atoms with E-state index in [4.69, 9.17) is 5.73 Å². The zero-order valence-electron chi connectivity index (χ0n) is 8.13. The number of alkyl halides is 3. The Kier molecular flexibility index (Phi) is 2.42. The molecule has 1 heterocycles. The van der Waals surface area contributed by atoms with Gasteiger partial charge in [-0.05, 0) is 18.6 Å². The van der Waals surface area contributed by atoms with Crippen molar-refractivity contribution in [2.75, 3.05) is 5.73 Å². The lowest BCUT2D eigenvalue weighted by atomic mass is 10.2. The molecule has 0 aliphatic carbocycles. The van der Waals surface area contributed by atoms with Crippen molar-refractivity contribution >= 4 is 26.7 Å². The van der Waals surface area contributed by atoms with Gasteiger partial charge in [0.25, 0.3) is 0 Å². The molecule has 86 valence electrons. The van der Waals surface area contributed by atoms with Gasteiger partial charge in [0.1, 0.15) is 5.75 Å². The van der Waals surface area contributed by atoms with Crippen LogP contribution in [0.2, 0.25) is 0 Å². The molecule has 2 aromatic rings. The number of halogens is 3. The molecule has 3 nitrogen and oxygen atoms in total. The van der Waals surface area contributed by atoms with Gasteiger partial charge >= 0.3 is 6.36 Å². The second-order valence-electron chi connectivity index (χ2n) is 3.19. The molecule has 0 fully saturated rings. The number of hydrogen-bond acceptors (Lipinski definition) is 4. The predicted octanol–water partition coefficient (Wildman–Crippen LogP) is 3.09. The summed E-state index contributed by atoms with van der Waals surface area (Å²) >= 11 is 1.13. The van der Waals surface area contributed by atoms with E-state index in [1.807, 2.05) is 0 Å². The van der Waals surface area contributed by atoms with Crippen LogP contribution in [-0.4, -0.2) is 11.3 Å². The van der Waals surface area contributed by atoms with Crippen molar-refractivity contribution in [3.63, 3.8) is 0 Å². The lowest BCUT2D eigenvalue weighted by Crippen LogP contribution is -2.17. The quantitative estimate of drug-likeness (QED) is 0.843. The smallest absolute Gasteiger partial charge is 0.406 e. The maximum atomic E-state index is 12.0. The van der Waals surface area contributed by atoms with Crippen LogP contribution in [0.3, 0.4) is 0 Å². The molecular weight excluding hydrogens is 241 g/mol. The van der Waals surface area contributed by atoms with Gasteiger partial charge in [-0.2, -0.15) is 0 Å². The highest BCUT2D eigenvalue weighted by atomic mass is 32.1. The lowest BCUT2D eigenvalue weighted by molar-refractivity contribution is -0.274. The van der Waals surface area contributed by atoms with E-state index in [9.17, 15) is 13.2 Å². The number of nitrogens with zero attached hydrogens (tertiary/aromatic N) is 1. The fourth-order valence-corrected chi connectivity index (χ4v) is 2.22. The summed E-state index contributed by atoms with van der Waals surface area (Å²) in [5, 5.41) is 0.322. The number of fused-ring (bicyclic) bond motifs is 1. The van der Waals surface area contributed by atoms with Crippen LogP contribution in [0.1, 0.15) is 5.56 Å². The standard InChI is InChI=1S/C9H7F3N2OS/c1-4-2-5(15-9(10,11)12)3-6-7(4)14-8(13)16-6/h2-3H,1H3,(H2,13,14). The van der Waals surface area contributed by atoms with Crippen LogP contribution in [0.5, 0.6) is 5.75 Å². The van der Waals surface area contributed by atoms with Gasteiger partial charge in [-0.25, -0.2) is 4.98 Å². The lowest BCUT2D eigenvalue weighted by Gasteiger charge is -2.09. The predicted molar refractivity (Wildman–Crippen MR) is 55.5 cm³/mol. The Hall–Kier alpha value is -1.50. The summed E-state index contributed by atoms with van der Waals surface area (Å²) in [5.41, 5.74) is 6.69. The van der Waals surface area contributed by atoms with Crippen LogP contribution in [0.4, 0.5) is 18.3 Å². The van der Waals surface area contributed by atoms with Crippen molar-refractivity contribution in [2.45, 2.75) is 13.3 Å². The van der Waals surface area contributed by atoms with Gasteiger partial charge in [-0.15, -0.1) is 13.2 Å². The first kappa shape index (κ1) is 11.0. The molecule has 0 radical (unpaired) electrons. The number of benzene rings is 1. The monoisotopic (exact) mass is 248 g/mol. The average molecular weight is 248 g/mol. The molecule has 0 saturated carbocycles. The minimum Gasteiger partial charge on any atom is -0.406 e. The van der Waals surface area contributed by atoms with Gasteiger partial charge in [-0.1, -0.05) is 11.3 Å². The van der Waals surface area contributed by atoms with Crippen LogP contribution in [0.25, 0.3) is 10.2 Å². The first-order valence-electron chi connectivity index (χ1n) is 4.27. The van der Waals surface area contributed by atoms with Crippen molar-refractivity contribution in [1.82, 2.24) is 4.98 Å². The Morgan fingerprint density at radius 2 is 2.06 bits per heavy atom. The first-order chi connectivity index (χ1) is 7.35. The zero-order chi connectivity index (χ0) is 11.9. The van der Waals surface area contributed by atoms with Crippen LogP contribution >= 0.6 is 11.3 Å². The number of aryl methyl sites for hydroxylation is 1. The molecule has 0 aliphatic rings. The number of ether oxygens (including phenoxy) is 1. The Labute approximate surface area is 92.7 Å². The number of rotatable bonds is 1. The number of aromatic nitrogens is 1. The highest BCUT2D eigenvalue weighted by Gasteiger charge is 2.31. The normalized spacial score (nSPS) is 12.0. The van der Waals surface area contributed by atoms with Crippen molar-refractivity contribution in [1.29, 1.82) is 0 Å². The zero-order valence-corrected chi connectivity index (χ0v) is 8.95. The topological polar surface area (TPSA) is 48.1 Å². The van der Waals surface area contributed by atoms with E-state index in [-0.39, 0.29) is 5.75 Å². The summed E-state index contributed by atoms with van der Waals surface area (Å²) in [6.45, 7) is 1.66. The third kappa shape index (κ3) is 2.19. The molecule has 0 aliphatic heterocycles. The van der Waals surface area contributed by atoms with Crippen LogP contribution in [0.15, 0.2) is 12.1 Å². The number of nitrogens with two attached hydrogens (primary N) is 1. The molecule has 7 heteroatoms. The first-order valence-corrected chi connectivity index (χ1v) is 5.09. The summed E-state index contributed by atoms with van der Waals surface area (Å²) in [4.78, 5) is 4.01. The minimum absolute atomic E-state index is 0.249. The molecule has 1 aromatic heterocycles. The molecule has 0 amide bonds. The van der Waals surface area contributed by atoms with Gasteiger partial charge in [-0.3, -0.25) is 0 Å². The molecule has 2 rings (SSSR count). The Morgan fingerprint density at radius 3 is 2.69 bits per heavy atom. The maximum absolute atomic E-state index is 12.0. The third-order valence-electron chi connectivity index (χ3n) is 1.91. The summed E-state index contributed by atoms with van der Waals surface area (Å²) < 4.78 is 40.5. The van der Waals surface area contributed by atoms with Gasteiger partial charge < -0.3 is 10.5 Å². The van der Waals surface area contributed by atoms with Gasteiger partial charge in [0, 0.05) is 6.07 Å².